The number of hydrogen-bond acceptors (Lipinski definition) is 8. The molecule has 15 nitrogen and oxygen atoms in total. The maximum Gasteiger partial charge on any atom is 0.407 e. The number of piperidine rings is 2. The lowest BCUT2D eigenvalue weighted by molar-refractivity contribution is -0.136. The Labute approximate surface area is 366 Å². The minimum atomic E-state index is -1.25. The Morgan fingerprint density at radius 2 is 1.23 bits per heavy atom. The fourth-order valence-corrected chi connectivity index (χ4v) is 9.97. The highest BCUT2D eigenvalue weighted by Crippen LogP contribution is 2.55. The van der Waals surface area contributed by atoms with Crippen LogP contribution in [0.25, 0.3) is 33.2 Å². The van der Waals surface area contributed by atoms with E-state index in [1.54, 1.807) is 24.3 Å². The topological polar surface area (TPSA) is 195 Å². The predicted molar refractivity (Wildman–Crippen MR) is 235 cm³/mol. The summed E-state index contributed by atoms with van der Waals surface area (Å²) in [7, 11) is 1.28. The van der Waals surface area contributed by atoms with Gasteiger partial charge < -0.3 is 45.0 Å². The van der Waals surface area contributed by atoms with Crippen LogP contribution in [-0.4, -0.2) is 78.0 Å². The molecular formula is C49H44N8O7. The summed E-state index contributed by atoms with van der Waals surface area (Å²) in [5.41, 5.74) is 6.23. The number of aromatic amines is 2. The van der Waals surface area contributed by atoms with Gasteiger partial charge in [-0.25, -0.2) is 19.6 Å². The molecule has 11 rings (SSSR count). The second kappa shape index (κ2) is 15.6. The van der Waals surface area contributed by atoms with Crippen molar-refractivity contribution in [1.82, 2.24) is 40.4 Å². The van der Waals surface area contributed by atoms with Crippen LogP contribution in [-0.2, 0) is 14.3 Å². The Morgan fingerprint density at radius 3 is 1.84 bits per heavy atom. The number of carbonyl (C=O) groups is 4. The van der Waals surface area contributed by atoms with Gasteiger partial charge in [-0.15, -0.1) is 0 Å². The molecule has 7 aromatic rings. The molecule has 4 heterocycles. The molecule has 64 heavy (non-hydrogen) atoms. The number of para-hydroxylation sites is 1. The van der Waals surface area contributed by atoms with Crippen LogP contribution < -0.4 is 15.4 Å². The Bertz CT molecular complexity index is 2940. The zero-order valence-electron chi connectivity index (χ0n) is 34.7. The summed E-state index contributed by atoms with van der Waals surface area (Å²) in [4.78, 5) is 73.2. The number of benzene rings is 5. The van der Waals surface area contributed by atoms with E-state index in [1.807, 2.05) is 107 Å². The van der Waals surface area contributed by atoms with Crippen LogP contribution in [0.15, 0.2) is 121 Å². The van der Waals surface area contributed by atoms with Crippen molar-refractivity contribution in [3.05, 3.63) is 144 Å². The number of amides is 4. The Morgan fingerprint density at radius 1 is 0.656 bits per heavy atom. The van der Waals surface area contributed by atoms with Gasteiger partial charge in [0.05, 0.1) is 35.7 Å². The molecule has 0 spiro atoms. The number of aromatic nitrogens is 4. The normalized spacial score (nSPS) is 22.6. The third-order valence-electron chi connectivity index (χ3n) is 13.2. The first-order valence-electron chi connectivity index (χ1n) is 21.6. The zero-order chi connectivity index (χ0) is 43.6. The van der Waals surface area contributed by atoms with Crippen molar-refractivity contribution in [3.63, 3.8) is 0 Å². The predicted octanol–water partition coefficient (Wildman–Crippen LogP) is 8.33. The van der Waals surface area contributed by atoms with Gasteiger partial charge in [0.25, 0.3) is 11.8 Å². The molecule has 0 radical (unpaired) electrons. The molecule has 4 aliphatic rings. The zero-order valence-corrected chi connectivity index (χ0v) is 34.7. The van der Waals surface area contributed by atoms with E-state index in [9.17, 15) is 24.3 Å². The van der Waals surface area contributed by atoms with E-state index in [1.165, 1.54) is 7.11 Å². The molecule has 5 N–H and O–H groups in total. The van der Waals surface area contributed by atoms with Gasteiger partial charge in [0.1, 0.15) is 35.0 Å². The number of fused-ring (bicyclic) bond motifs is 4. The van der Waals surface area contributed by atoms with E-state index in [2.05, 4.69) is 20.6 Å². The van der Waals surface area contributed by atoms with E-state index in [0.717, 1.165) is 53.4 Å². The van der Waals surface area contributed by atoms with Crippen LogP contribution in [0, 0.1) is 11.8 Å². The lowest BCUT2D eigenvalue weighted by atomic mass is 10.0. The van der Waals surface area contributed by atoms with E-state index in [0.29, 0.717) is 51.6 Å². The fourth-order valence-electron chi connectivity index (χ4n) is 9.97. The van der Waals surface area contributed by atoms with Crippen LogP contribution in [0.1, 0.15) is 72.6 Å². The highest BCUT2D eigenvalue weighted by atomic mass is 16.5. The van der Waals surface area contributed by atoms with E-state index in [-0.39, 0.29) is 36.0 Å². The van der Waals surface area contributed by atoms with Crippen LogP contribution in [0.2, 0.25) is 0 Å². The summed E-state index contributed by atoms with van der Waals surface area (Å²) >= 11 is 0. The molecule has 4 fully saturated rings. The lowest BCUT2D eigenvalue weighted by Crippen LogP contribution is -2.44. The van der Waals surface area contributed by atoms with Crippen molar-refractivity contribution in [2.75, 3.05) is 7.11 Å². The average molecular weight is 857 g/mol. The number of nitrogens with one attached hydrogen (secondary N) is 4. The minimum Gasteiger partial charge on any atom is -0.465 e. The average Bonchev–Trinajstić information content (AvgIpc) is 3.97. The molecule has 5 aromatic carbocycles. The van der Waals surface area contributed by atoms with Crippen LogP contribution in [0.4, 0.5) is 9.59 Å². The standard InChI is InChI=1S/C49H44N8O7/c1-63-49(62)55-42(28-11-6-3-7-12-28)47(59)57-37-23-31(37)25-39(57)45-51-34-13-8-14-40(43(34)53-45)64-32-18-15-26(16-19-32)29-17-20-33-35(21-29)52-44(50-33)38-24-30-22-36(30)56(38)46(58)41(54-48(60)61)27-9-4-2-5-10-27/h2-21,30-31,36-39,41-42,54H,22-25H2,1H3,(H,50,52)(H,51,53)(H,55,62)(H,60,61)/t30-,31-,36-,37-,38+,39+,41?,42?/m1/s1. The number of hydrogen-bond donors (Lipinski definition) is 5. The molecule has 2 aromatic heterocycles. The monoisotopic (exact) mass is 856 g/mol. The van der Waals surface area contributed by atoms with Gasteiger partial charge in [-0.2, -0.15) is 0 Å². The minimum absolute atomic E-state index is 0.0566. The molecule has 2 saturated carbocycles. The number of rotatable bonds is 11. The molecule has 4 amide bonds. The summed E-state index contributed by atoms with van der Waals surface area (Å²) < 4.78 is 11.3. The molecule has 322 valence electrons. The maximum absolute atomic E-state index is 14.3. The third-order valence-corrected chi connectivity index (χ3v) is 13.2. The van der Waals surface area contributed by atoms with Gasteiger partial charge >= 0.3 is 12.2 Å². The third kappa shape index (κ3) is 7.12. The number of H-pyrrole nitrogens is 2. The molecule has 15 heteroatoms. The largest absolute Gasteiger partial charge is 0.465 e. The molecule has 2 unspecified atom stereocenters. The van der Waals surface area contributed by atoms with Crippen molar-refractivity contribution in [2.24, 2.45) is 11.8 Å². The number of alkyl carbamates (subject to hydrolysis) is 1. The highest BCUT2D eigenvalue weighted by Gasteiger charge is 2.57. The lowest BCUT2D eigenvalue weighted by Gasteiger charge is -2.30. The number of carboxylic acid groups (broad SMARTS) is 1. The first-order chi connectivity index (χ1) is 31.2. The Hall–Kier alpha value is -7.68. The second-order valence-corrected chi connectivity index (χ2v) is 17.1. The quantitative estimate of drug-likeness (QED) is 0.0850. The fraction of sp³-hybridized carbons (Fsp3) is 0.265. The van der Waals surface area contributed by atoms with E-state index < -0.39 is 24.3 Å². The number of carbonyl (C=O) groups excluding carboxylic acids is 3. The van der Waals surface area contributed by atoms with E-state index >= 15 is 0 Å². The molecule has 2 aliphatic carbocycles. The highest BCUT2D eigenvalue weighted by molar-refractivity contribution is 5.90. The summed E-state index contributed by atoms with van der Waals surface area (Å²) in [5.74, 6) is 2.79. The van der Waals surface area contributed by atoms with Gasteiger partial charge in [-0.05, 0) is 96.2 Å². The summed E-state index contributed by atoms with van der Waals surface area (Å²) in [6.07, 6.45) is 1.40. The Kier molecular flexibility index (Phi) is 9.55. The molecule has 2 aliphatic heterocycles. The summed E-state index contributed by atoms with van der Waals surface area (Å²) in [6, 6.07) is 35.3. The van der Waals surface area contributed by atoms with Crippen LogP contribution in [0.3, 0.4) is 0 Å². The summed E-state index contributed by atoms with van der Waals surface area (Å²) in [6.45, 7) is 0. The molecule has 8 atom stereocenters. The van der Waals surface area contributed by atoms with Crippen molar-refractivity contribution in [2.45, 2.75) is 61.9 Å². The second-order valence-electron chi connectivity index (χ2n) is 17.1. The molecular weight excluding hydrogens is 813 g/mol. The van der Waals surface area contributed by atoms with Crippen LogP contribution >= 0.6 is 0 Å². The number of methoxy groups -OCH3 is 1. The number of imidazole rings is 2. The number of nitrogens with zero attached hydrogens (tertiary/aromatic N) is 4. The SMILES string of the molecule is COC(=O)NC(C(=O)N1[C@@H]2C[C@@H]2C[C@H]1c1nc2c(Oc3ccc(-c4ccc5[nH]c([C@@H]6C[C@H]7C[C@H]7N6C(=O)C(NC(=O)O)c6ccccc6)nc5c4)cc3)cccc2[nH]1)c1ccccc1. The van der Waals surface area contributed by atoms with Crippen molar-refractivity contribution < 1.29 is 33.8 Å². The maximum atomic E-state index is 14.3. The first kappa shape index (κ1) is 39.2. The van der Waals surface area contributed by atoms with Crippen molar-refractivity contribution in [3.8, 4) is 22.6 Å². The Balaban J connectivity index is 0.807. The van der Waals surface area contributed by atoms with Gasteiger partial charge in [0.2, 0.25) is 0 Å². The van der Waals surface area contributed by atoms with Crippen molar-refractivity contribution in [1.29, 1.82) is 0 Å². The van der Waals surface area contributed by atoms with Gasteiger partial charge in [-0.3, -0.25) is 9.59 Å². The van der Waals surface area contributed by atoms with E-state index in [4.69, 9.17) is 19.4 Å². The summed E-state index contributed by atoms with van der Waals surface area (Å²) in [5, 5.41) is 14.8. The van der Waals surface area contributed by atoms with Gasteiger partial charge in [0.15, 0.2) is 5.75 Å². The molecule has 0 bridgehead atoms. The number of ether oxygens (including phenoxy) is 2. The first-order valence-corrected chi connectivity index (χ1v) is 21.6. The number of likely N-dealkylation sites (tertiary alicyclic amines) is 2. The van der Waals surface area contributed by atoms with Crippen molar-refractivity contribution >= 4 is 46.1 Å². The smallest absolute Gasteiger partial charge is 0.407 e. The van der Waals surface area contributed by atoms with Gasteiger partial charge in [-0.1, -0.05) is 84.9 Å². The molecule has 2 saturated heterocycles. The van der Waals surface area contributed by atoms with Gasteiger partial charge in [0, 0.05) is 12.1 Å². The van der Waals surface area contributed by atoms with Crippen LogP contribution in [0.5, 0.6) is 11.5 Å².